The Hall–Kier alpha value is -3.19. The van der Waals surface area contributed by atoms with Gasteiger partial charge in [-0.25, -0.2) is 0 Å². The molecule has 1 heterocycles. The van der Waals surface area contributed by atoms with Crippen LogP contribution in [0.5, 0.6) is 0 Å². The van der Waals surface area contributed by atoms with Crippen molar-refractivity contribution < 1.29 is 4.57 Å². The third-order valence-electron chi connectivity index (χ3n) is 5.30. The van der Waals surface area contributed by atoms with Gasteiger partial charge in [0.05, 0.1) is 5.92 Å². The Balaban J connectivity index is 1.67. The lowest BCUT2D eigenvalue weighted by Gasteiger charge is -2.13. The minimum Gasteiger partial charge on any atom is -0.197 e. The molecule has 0 aliphatic heterocycles. The van der Waals surface area contributed by atoms with Gasteiger partial charge in [-0.05, 0) is 22.3 Å². The minimum atomic E-state index is 0.285. The van der Waals surface area contributed by atoms with E-state index in [4.69, 9.17) is 0 Å². The number of nitrogens with zero attached hydrogens (tertiary/aromatic N) is 1. The zero-order chi connectivity index (χ0) is 17.3. The van der Waals surface area contributed by atoms with Gasteiger partial charge in [-0.2, -0.15) is 4.57 Å². The van der Waals surface area contributed by atoms with Crippen LogP contribution in [0.2, 0.25) is 0 Å². The lowest BCUT2D eigenvalue weighted by Crippen LogP contribution is -2.39. The second-order valence-electron chi connectivity index (χ2n) is 6.85. The first-order valence-electron chi connectivity index (χ1n) is 9.12. The van der Waals surface area contributed by atoms with E-state index in [1.165, 1.54) is 33.5 Å². The molecule has 0 unspecified atom stereocenters. The van der Waals surface area contributed by atoms with E-state index in [-0.39, 0.29) is 5.92 Å². The Morgan fingerprint density at radius 2 is 1.15 bits per heavy atom. The summed E-state index contributed by atoms with van der Waals surface area (Å²) in [6.45, 7) is 0.887. The van der Waals surface area contributed by atoms with Crippen LogP contribution in [-0.2, 0) is 6.54 Å². The van der Waals surface area contributed by atoms with Crippen molar-refractivity contribution >= 4 is 0 Å². The van der Waals surface area contributed by atoms with Gasteiger partial charge in [0.15, 0.2) is 18.4 Å². The number of hydrogen-bond acceptors (Lipinski definition) is 0. The van der Waals surface area contributed by atoms with Crippen LogP contribution in [0.15, 0.2) is 103 Å². The first-order chi connectivity index (χ1) is 12.9. The van der Waals surface area contributed by atoms with Gasteiger partial charge in [-0.3, -0.25) is 0 Å². The highest BCUT2D eigenvalue weighted by atomic mass is 15.0. The standard InChI is InChI=1S/C25H20N/c1-2-10-19(11-3-1)18-26-17-9-8-16-24(26)25-22-14-6-4-12-20(22)21-13-5-7-15-23(21)25/h1-17,25H,18H2/q+1. The molecular formula is C25H20N+. The van der Waals surface area contributed by atoms with Crippen LogP contribution in [0.1, 0.15) is 28.3 Å². The Morgan fingerprint density at radius 3 is 1.85 bits per heavy atom. The molecule has 0 N–H and O–H groups in total. The van der Waals surface area contributed by atoms with E-state index in [0.717, 1.165) is 6.54 Å². The quantitative estimate of drug-likeness (QED) is 0.400. The molecule has 3 aromatic carbocycles. The van der Waals surface area contributed by atoms with Gasteiger partial charge in [0.25, 0.3) is 0 Å². The predicted molar refractivity (Wildman–Crippen MR) is 105 cm³/mol. The van der Waals surface area contributed by atoms with Crippen LogP contribution in [-0.4, -0.2) is 0 Å². The average molecular weight is 334 g/mol. The van der Waals surface area contributed by atoms with Gasteiger partial charge in [0, 0.05) is 17.7 Å². The summed E-state index contributed by atoms with van der Waals surface area (Å²) in [5.41, 5.74) is 8.20. The number of benzene rings is 3. The molecule has 0 radical (unpaired) electrons. The van der Waals surface area contributed by atoms with Crippen molar-refractivity contribution in [2.24, 2.45) is 0 Å². The molecule has 0 spiro atoms. The van der Waals surface area contributed by atoms with E-state index in [9.17, 15) is 0 Å². The molecule has 1 aliphatic rings. The zero-order valence-corrected chi connectivity index (χ0v) is 14.5. The summed E-state index contributed by atoms with van der Waals surface area (Å²) < 4.78 is 2.39. The summed E-state index contributed by atoms with van der Waals surface area (Å²) in [6, 6.07) is 34.9. The van der Waals surface area contributed by atoms with E-state index in [1.54, 1.807) is 0 Å². The van der Waals surface area contributed by atoms with E-state index < -0.39 is 0 Å². The molecule has 0 bridgehead atoms. The van der Waals surface area contributed by atoms with Crippen LogP contribution >= 0.6 is 0 Å². The van der Waals surface area contributed by atoms with Crippen molar-refractivity contribution in [1.82, 2.24) is 0 Å². The monoisotopic (exact) mass is 334 g/mol. The second kappa shape index (κ2) is 6.27. The molecular weight excluding hydrogens is 314 g/mol. The molecule has 0 fully saturated rings. The number of fused-ring (bicyclic) bond motifs is 3. The highest BCUT2D eigenvalue weighted by molar-refractivity contribution is 5.80. The SMILES string of the molecule is c1ccc(C[n+]2ccccc2C2c3ccccc3-c3ccccc32)cc1. The summed E-state index contributed by atoms with van der Waals surface area (Å²) in [7, 11) is 0. The molecule has 5 rings (SSSR count). The fourth-order valence-corrected chi connectivity index (χ4v) is 4.15. The molecule has 1 heteroatoms. The summed E-state index contributed by atoms with van der Waals surface area (Å²) in [5, 5.41) is 0. The maximum Gasteiger partial charge on any atom is 0.193 e. The average Bonchev–Trinajstić information content (AvgIpc) is 3.04. The van der Waals surface area contributed by atoms with Gasteiger partial charge >= 0.3 is 0 Å². The molecule has 0 saturated carbocycles. The summed E-state index contributed by atoms with van der Waals surface area (Å²) in [6.07, 6.45) is 2.20. The van der Waals surface area contributed by atoms with E-state index in [1.807, 2.05) is 0 Å². The van der Waals surface area contributed by atoms with Crippen molar-refractivity contribution in [1.29, 1.82) is 0 Å². The van der Waals surface area contributed by atoms with Gasteiger partial charge < -0.3 is 0 Å². The summed E-state index contributed by atoms with van der Waals surface area (Å²) in [4.78, 5) is 0. The van der Waals surface area contributed by atoms with Crippen LogP contribution in [0.3, 0.4) is 0 Å². The normalized spacial score (nSPS) is 12.6. The lowest BCUT2D eigenvalue weighted by molar-refractivity contribution is -0.696. The largest absolute Gasteiger partial charge is 0.197 e. The number of aromatic nitrogens is 1. The Labute approximate surface area is 154 Å². The van der Waals surface area contributed by atoms with Gasteiger partial charge in [0.1, 0.15) is 0 Å². The number of rotatable bonds is 3. The fourth-order valence-electron chi connectivity index (χ4n) is 4.15. The van der Waals surface area contributed by atoms with Gasteiger partial charge in [-0.1, -0.05) is 84.9 Å². The third kappa shape index (κ3) is 2.44. The van der Waals surface area contributed by atoms with E-state index in [0.29, 0.717) is 0 Å². The summed E-state index contributed by atoms with van der Waals surface area (Å²) in [5.74, 6) is 0.285. The Kier molecular flexibility index (Phi) is 3.64. The maximum absolute atomic E-state index is 2.39. The second-order valence-corrected chi connectivity index (χ2v) is 6.85. The molecule has 1 nitrogen and oxygen atoms in total. The Morgan fingerprint density at radius 1 is 0.577 bits per heavy atom. The van der Waals surface area contributed by atoms with Gasteiger partial charge in [-0.15, -0.1) is 0 Å². The lowest BCUT2D eigenvalue weighted by atomic mass is 9.92. The van der Waals surface area contributed by atoms with Crippen LogP contribution in [0.4, 0.5) is 0 Å². The molecule has 4 aromatic rings. The maximum atomic E-state index is 2.39. The van der Waals surface area contributed by atoms with Crippen molar-refractivity contribution in [3.8, 4) is 11.1 Å². The number of pyridine rings is 1. The zero-order valence-electron chi connectivity index (χ0n) is 14.5. The topological polar surface area (TPSA) is 3.88 Å². The predicted octanol–water partition coefficient (Wildman–Crippen LogP) is 5.18. The summed E-state index contributed by atoms with van der Waals surface area (Å²) >= 11 is 0. The molecule has 124 valence electrons. The van der Waals surface area contributed by atoms with E-state index in [2.05, 4.69) is 108 Å². The molecule has 26 heavy (non-hydrogen) atoms. The minimum absolute atomic E-state index is 0.285. The van der Waals surface area contributed by atoms with Crippen LogP contribution in [0.25, 0.3) is 11.1 Å². The molecule has 0 amide bonds. The molecule has 0 saturated heterocycles. The molecule has 0 atom stereocenters. The van der Waals surface area contributed by atoms with Crippen molar-refractivity contribution in [3.63, 3.8) is 0 Å². The Bertz CT molecular complexity index is 1020. The highest BCUT2D eigenvalue weighted by Crippen LogP contribution is 2.46. The fraction of sp³-hybridized carbons (Fsp3) is 0.0800. The smallest absolute Gasteiger partial charge is 0.193 e. The molecule has 1 aromatic heterocycles. The van der Waals surface area contributed by atoms with Crippen molar-refractivity contribution in [3.05, 3.63) is 126 Å². The molecule has 1 aliphatic carbocycles. The number of hydrogen-bond donors (Lipinski definition) is 0. The van der Waals surface area contributed by atoms with Crippen molar-refractivity contribution in [2.45, 2.75) is 12.5 Å². The first-order valence-corrected chi connectivity index (χ1v) is 9.12. The van der Waals surface area contributed by atoms with Crippen LogP contribution < -0.4 is 4.57 Å². The van der Waals surface area contributed by atoms with Gasteiger partial charge in [0.2, 0.25) is 0 Å². The highest BCUT2D eigenvalue weighted by Gasteiger charge is 2.34. The van der Waals surface area contributed by atoms with Crippen molar-refractivity contribution in [2.75, 3.05) is 0 Å². The van der Waals surface area contributed by atoms with Crippen LogP contribution in [0, 0.1) is 0 Å². The first kappa shape index (κ1) is 15.1. The van der Waals surface area contributed by atoms with E-state index >= 15 is 0 Å². The third-order valence-corrected chi connectivity index (χ3v) is 5.30.